The standard InChI is InChI=1S/C13H17BO3.C10H20N2O2/c1-12(2)13(3,4)17-14(16-12)11-7-5-10(9-15)6-8-11;1-10(2,3)14-9(13)12-7-5-11(4)6-8-12/h5-9H,1-4H3;5-8H2,1-4H3. The molecule has 2 heterocycles. The Balaban J connectivity index is 0.000000225. The molecule has 3 rings (SSSR count). The zero-order chi connectivity index (χ0) is 23.4. The molecule has 0 N–H and O–H groups in total. The Morgan fingerprint density at radius 1 is 1.00 bits per heavy atom. The lowest BCUT2D eigenvalue weighted by Gasteiger charge is -2.33. The summed E-state index contributed by atoms with van der Waals surface area (Å²) < 4.78 is 17.1. The number of hydrogen-bond acceptors (Lipinski definition) is 6. The predicted molar refractivity (Wildman–Crippen MR) is 123 cm³/mol. The molecule has 1 aromatic carbocycles. The van der Waals surface area contributed by atoms with Crippen molar-refractivity contribution in [3.05, 3.63) is 29.8 Å². The van der Waals surface area contributed by atoms with Crippen LogP contribution in [0.15, 0.2) is 24.3 Å². The molecule has 2 aliphatic heterocycles. The summed E-state index contributed by atoms with van der Waals surface area (Å²) in [5, 5.41) is 0. The van der Waals surface area contributed by atoms with Gasteiger partial charge in [0.15, 0.2) is 0 Å². The molecular formula is C23H37BN2O5. The fraction of sp³-hybridized carbons (Fsp3) is 0.652. The van der Waals surface area contributed by atoms with Gasteiger partial charge in [0.1, 0.15) is 11.9 Å². The number of ether oxygens (including phenoxy) is 1. The first-order valence-corrected chi connectivity index (χ1v) is 10.8. The van der Waals surface area contributed by atoms with E-state index in [1.807, 2.05) is 60.6 Å². The van der Waals surface area contributed by atoms with Gasteiger partial charge in [-0.05, 0) is 61.0 Å². The van der Waals surface area contributed by atoms with E-state index in [4.69, 9.17) is 14.0 Å². The number of likely N-dealkylation sites (N-methyl/N-ethyl adjacent to an activating group) is 1. The number of carbonyl (C=O) groups is 2. The fourth-order valence-corrected chi connectivity index (χ4v) is 3.03. The summed E-state index contributed by atoms with van der Waals surface area (Å²) in [4.78, 5) is 26.2. The highest BCUT2D eigenvalue weighted by Gasteiger charge is 2.51. The van der Waals surface area contributed by atoms with E-state index in [1.54, 1.807) is 17.0 Å². The molecule has 31 heavy (non-hydrogen) atoms. The van der Waals surface area contributed by atoms with Crippen molar-refractivity contribution in [1.29, 1.82) is 0 Å². The minimum Gasteiger partial charge on any atom is -0.444 e. The number of benzene rings is 1. The number of nitrogens with zero attached hydrogens (tertiary/aromatic N) is 2. The number of hydrogen-bond donors (Lipinski definition) is 0. The van der Waals surface area contributed by atoms with Crippen LogP contribution < -0.4 is 5.46 Å². The van der Waals surface area contributed by atoms with Gasteiger partial charge in [0, 0.05) is 31.7 Å². The first kappa shape index (κ1) is 25.4. The van der Waals surface area contributed by atoms with Crippen LogP contribution in [0, 0.1) is 0 Å². The van der Waals surface area contributed by atoms with E-state index < -0.39 is 0 Å². The van der Waals surface area contributed by atoms with Crippen molar-refractivity contribution in [1.82, 2.24) is 9.80 Å². The molecule has 1 amide bonds. The molecule has 0 atom stereocenters. The van der Waals surface area contributed by atoms with E-state index in [9.17, 15) is 9.59 Å². The number of amides is 1. The third-order valence-corrected chi connectivity index (χ3v) is 5.75. The minimum atomic E-state index is -0.388. The molecule has 0 aliphatic carbocycles. The van der Waals surface area contributed by atoms with E-state index in [0.717, 1.165) is 37.9 Å². The first-order valence-electron chi connectivity index (χ1n) is 10.8. The van der Waals surface area contributed by atoms with Crippen molar-refractivity contribution in [3.63, 3.8) is 0 Å². The summed E-state index contributed by atoms with van der Waals surface area (Å²) >= 11 is 0. The molecule has 172 valence electrons. The molecule has 0 unspecified atom stereocenters. The Morgan fingerprint density at radius 2 is 1.48 bits per heavy atom. The monoisotopic (exact) mass is 432 g/mol. The SMILES string of the molecule is CC1(C)OB(c2ccc(C=O)cc2)OC1(C)C.CN1CCN(C(=O)OC(C)(C)C)CC1. The van der Waals surface area contributed by atoms with Gasteiger partial charge in [-0.3, -0.25) is 4.79 Å². The smallest absolute Gasteiger partial charge is 0.444 e. The van der Waals surface area contributed by atoms with E-state index in [-0.39, 0.29) is 30.0 Å². The highest BCUT2D eigenvalue weighted by Crippen LogP contribution is 2.36. The Bertz CT molecular complexity index is 734. The minimum absolute atomic E-state index is 0.189. The summed E-state index contributed by atoms with van der Waals surface area (Å²) in [5.41, 5.74) is 0.544. The van der Waals surface area contributed by atoms with Crippen molar-refractivity contribution in [2.24, 2.45) is 0 Å². The first-order chi connectivity index (χ1) is 14.2. The zero-order valence-electron chi connectivity index (χ0n) is 20.2. The number of aldehydes is 1. The predicted octanol–water partition coefficient (Wildman–Crippen LogP) is 2.97. The summed E-state index contributed by atoms with van der Waals surface area (Å²) in [6, 6.07) is 7.28. The molecule has 2 saturated heterocycles. The van der Waals surface area contributed by atoms with Gasteiger partial charge < -0.3 is 23.8 Å². The Labute approximate surface area is 187 Å². The Hall–Kier alpha value is -1.90. The van der Waals surface area contributed by atoms with E-state index in [1.165, 1.54) is 0 Å². The van der Waals surface area contributed by atoms with Crippen LogP contribution in [0.3, 0.4) is 0 Å². The van der Waals surface area contributed by atoms with Crippen LogP contribution in [-0.4, -0.2) is 79.3 Å². The molecule has 1 aromatic rings. The van der Waals surface area contributed by atoms with Crippen molar-refractivity contribution >= 4 is 25.0 Å². The largest absolute Gasteiger partial charge is 0.494 e. The molecule has 2 aliphatic rings. The van der Waals surface area contributed by atoms with E-state index in [2.05, 4.69) is 11.9 Å². The maximum absolute atomic E-state index is 11.6. The van der Waals surface area contributed by atoms with E-state index >= 15 is 0 Å². The Morgan fingerprint density at radius 3 is 1.90 bits per heavy atom. The van der Waals surface area contributed by atoms with Crippen LogP contribution in [0.2, 0.25) is 0 Å². The van der Waals surface area contributed by atoms with Gasteiger partial charge in [-0.15, -0.1) is 0 Å². The van der Waals surface area contributed by atoms with Crippen LogP contribution in [-0.2, 0) is 14.0 Å². The van der Waals surface area contributed by atoms with Gasteiger partial charge in [-0.2, -0.15) is 0 Å². The van der Waals surface area contributed by atoms with Gasteiger partial charge in [0.05, 0.1) is 11.2 Å². The maximum Gasteiger partial charge on any atom is 0.494 e. The van der Waals surface area contributed by atoms with Crippen LogP contribution >= 0.6 is 0 Å². The van der Waals surface area contributed by atoms with Crippen molar-refractivity contribution in [3.8, 4) is 0 Å². The van der Waals surface area contributed by atoms with Crippen LogP contribution in [0.25, 0.3) is 0 Å². The highest BCUT2D eigenvalue weighted by molar-refractivity contribution is 6.62. The summed E-state index contributed by atoms with van der Waals surface area (Å²) in [5.74, 6) is 0. The quantitative estimate of drug-likeness (QED) is 0.529. The highest BCUT2D eigenvalue weighted by atomic mass is 16.7. The molecule has 0 bridgehead atoms. The van der Waals surface area contributed by atoms with Gasteiger partial charge in [0.2, 0.25) is 0 Å². The third-order valence-electron chi connectivity index (χ3n) is 5.75. The zero-order valence-corrected chi connectivity index (χ0v) is 20.2. The lowest BCUT2D eigenvalue weighted by Crippen LogP contribution is -2.48. The summed E-state index contributed by atoms with van der Waals surface area (Å²) in [6.45, 7) is 17.2. The normalized spacial score (nSPS) is 20.6. The fourth-order valence-electron chi connectivity index (χ4n) is 3.03. The number of piperazine rings is 1. The second-order valence-electron chi connectivity index (χ2n) is 10.1. The molecule has 2 fully saturated rings. The van der Waals surface area contributed by atoms with Gasteiger partial charge in [0.25, 0.3) is 0 Å². The number of carbonyl (C=O) groups excluding carboxylic acids is 2. The lowest BCUT2D eigenvalue weighted by molar-refractivity contribution is 0.00578. The maximum atomic E-state index is 11.6. The molecular weight excluding hydrogens is 395 g/mol. The molecule has 0 saturated carbocycles. The second-order valence-corrected chi connectivity index (χ2v) is 10.1. The third kappa shape index (κ3) is 7.05. The molecule has 7 nitrogen and oxygen atoms in total. The summed E-state index contributed by atoms with van der Waals surface area (Å²) in [6.07, 6.45) is 0.638. The van der Waals surface area contributed by atoms with Gasteiger partial charge in [-0.25, -0.2) is 4.79 Å². The lowest BCUT2D eigenvalue weighted by atomic mass is 9.79. The van der Waals surface area contributed by atoms with Crippen molar-refractivity contribution in [2.45, 2.75) is 65.3 Å². The average Bonchev–Trinajstić information content (AvgIpc) is 2.89. The molecule has 0 radical (unpaired) electrons. The Kier molecular flexibility index (Phi) is 7.95. The van der Waals surface area contributed by atoms with E-state index in [0.29, 0.717) is 5.56 Å². The van der Waals surface area contributed by atoms with Crippen LogP contribution in [0.1, 0.15) is 58.8 Å². The average molecular weight is 432 g/mol. The topological polar surface area (TPSA) is 68.3 Å². The summed E-state index contributed by atoms with van der Waals surface area (Å²) in [7, 11) is 1.70. The van der Waals surface area contributed by atoms with Gasteiger partial charge in [-0.1, -0.05) is 24.3 Å². The van der Waals surface area contributed by atoms with Crippen LogP contribution in [0.5, 0.6) is 0 Å². The molecule has 8 heteroatoms. The molecule has 0 aromatic heterocycles. The van der Waals surface area contributed by atoms with Crippen molar-refractivity contribution in [2.75, 3.05) is 33.2 Å². The van der Waals surface area contributed by atoms with Crippen LogP contribution in [0.4, 0.5) is 4.79 Å². The second kappa shape index (κ2) is 9.71. The number of rotatable bonds is 2. The van der Waals surface area contributed by atoms with Crippen molar-refractivity contribution < 1.29 is 23.6 Å². The molecule has 0 spiro atoms. The van der Waals surface area contributed by atoms with Gasteiger partial charge >= 0.3 is 13.2 Å².